The Morgan fingerprint density at radius 2 is 2.06 bits per heavy atom. The van der Waals surface area contributed by atoms with Crippen molar-refractivity contribution in [3.8, 4) is 5.75 Å². The van der Waals surface area contributed by atoms with Gasteiger partial charge in [0.25, 0.3) is 0 Å². The van der Waals surface area contributed by atoms with Crippen molar-refractivity contribution in [2.75, 3.05) is 13.2 Å². The fraction of sp³-hybridized carbons (Fsp3) is 0.625. The summed E-state index contributed by atoms with van der Waals surface area (Å²) >= 11 is 0. The van der Waals surface area contributed by atoms with E-state index in [4.69, 9.17) is 14.6 Å². The third kappa shape index (κ3) is 6.93. The molecule has 1 aromatic carbocycles. The summed E-state index contributed by atoms with van der Waals surface area (Å²) in [5.74, 6) is -2.94. The first-order valence-corrected chi connectivity index (χ1v) is 11.4. The summed E-state index contributed by atoms with van der Waals surface area (Å²) in [6.45, 7) is 0.0662. The van der Waals surface area contributed by atoms with Crippen LogP contribution in [-0.2, 0) is 15.7 Å². The number of carboxylic acids is 1. The van der Waals surface area contributed by atoms with Gasteiger partial charge in [-0.15, -0.1) is 0 Å². The third-order valence-corrected chi connectivity index (χ3v) is 6.58. The van der Waals surface area contributed by atoms with Crippen molar-refractivity contribution in [2.24, 2.45) is 17.8 Å². The Morgan fingerprint density at radius 1 is 1.29 bits per heavy atom. The molecule has 0 unspecified atom stereocenters. The first-order valence-electron chi connectivity index (χ1n) is 11.4. The summed E-state index contributed by atoms with van der Waals surface area (Å²) in [5.41, 5.74) is -1.44. The van der Waals surface area contributed by atoms with E-state index in [1.54, 1.807) is 6.08 Å². The number of benzene rings is 1. The minimum Gasteiger partial charge on any atom is -0.487 e. The largest absolute Gasteiger partial charge is 0.487 e. The fourth-order valence-electron chi connectivity index (χ4n) is 4.81. The van der Waals surface area contributed by atoms with Crippen LogP contribution in [0, 0.1) is 23.6 Å². The summed E-state index contributed by atoms with van der Waals surface area (Å²) in [6, 6.07) is 2.70. The van der Waals surface area contributed by atoms with Gasteiger partial charge in [0.05, 0.1) is 17.8 Å². The van der Waals surface area contributed by atoms with Gasteiger partial charge in [-0.2, -0.15) is 13.2 Å². The number of halogens is 4. The van der Waals surface area contributed by atoms with Crippen LogP contribution in [0.5, 0.6) is 5.75 Å². The van der Waals surface area contributed by atoms with Gasteiger partial charge in [-0.25, -0.2) is 4.39 Å². The Kier molecular flexibility index (Phi) is 8.95. The van der Waals surface area contributed by atoms with E-state index >= 15 is 0 Å². The monoisotopic (exact) mass is 490 g/mol. The molecule has 34 heavy (non-hydrogen) atoms. The molecule has 3 rings (SSSR count). The Balaban J connectivity index is 1.54. The summed E-state index contributed by atoms with van der Waals surface area (Å²) < 4.78 is 63.6. The van der Waals surface area contributed by atoms with E-state index in [0.717, 1.165) is 31.4 Å². The Bertz CT molecular complexity index is 858. The van der Waals surface area contributed by atoms with E-state index in [0.29, 0.717) is 25.5 Å². The second-order valence-corrected chi connectivity index (χ2v) is 9.02. The van der Waals surface area contributed by atoms with Crippen molar-refractivity contribution in [2.45, 2.75) is 63.0 Å². The number of carbonyl (C=O) groups is 1. The Labute approximate surface area is 195 Å². The molecule has 1 heterocycles. The number of alkyl halides is 3. The van der Waals surface area contributed by atoms with E-state index in [1.165, 1.54) is 6.08 Å². The second-order valence-electron chi connectivity index (χ2n) is 9.02. The van der Waals surface area contributed by atoms with Crippen molar-refractivity contribution >= 4 is 5.97 Å². The molecule has 0 bridgehead atoms. The minimum absolute atomic E-state index is 0.0322. The number of ether oxygens (including phenoxy) is 2. The van der Waals surface area contributed by atoms with E-state index in [-0.39, 0.29) is 30.3 Å². The molecule has 2 aliphatic rings. The Morgan fingerprint density at radius 3 is 2.76 bits per heavy atom. The van der Waals surface area contributed by atoms with Crippen LogP contribution in [0.25, 0.3) is 0 Å². The molecule has 1 aliphatic carbocycles. The summed E-state index contributed by atoms with van der Waals surface area (Å²) in [7, 11) is 0. The van der Waals surface area contributed by atoms with Crippen LogP contribution in [0.1, 0.15) is 44.1 Å². The zero-order valence-electron chi connectivity index (χ0n) is 18.6. The second kappa shape index (κ2) is 11.5. The molecular weight excluding hydrogens is 460 g/mol. The van der Waals surface area contributed by atoms with Gasteiger partial charge in [0.2, 0.25) is 0 Å². The lowest BCUT2D eigenvalue weighted by Gasteiger charge is -2.21. The number of aliphatic hydroxyl groups is 2. The highest BCUT2D eigenvalue weighted by molar-refractivity contribution is 5.66. The lowest BCUT2D eigenvalue weighted by Crippen LogP contribution is -2.22. The molecule has 0 aromatic heterocycles. The maximum absolute atomic E-state index is 14.1. The molecule has 10 heteroatoms. The molecular formula is C24H30F4O6. The molecule has 1 aliphatic heterocycles. The average molecular weight is 490 g/mol. The van der Waals surface area contributed by atoms with Crippen LogP contribution in [0.4, 0.5) is 17.6 Å². The zero-order chi connectivity index (χ0) is 24.9. The smallest absolute Gasteiger partial charge is 0.419 e. The van der Waals surface area contributed by atoms with Crippen LogP contribution < -0.4 is 4.74 Å². The molecule has 6 nitrogen and oxygen atoms in total. The summed E-state index contributed by atoms with van der Waals surface area (Å²) in [4.78, 5) is 10.7. The van der Waals surface area contributed by atoms with Gasteiger partial charge in [0, 0.05) is 25.4 Å². The highest BCUT2D eigenvalue weighted by Crippen LogP contribution is 2.42. The van der Waals surface area contributed by atoms with Crippen molar-refractivity contribution in [1.82, 2.24) is 0 Å². The fourth-order valence-corrected chi connectivity index (χ4v) is 4.81. The molecule has 2 fully saturated rings. The van der Waals surface area contributed by atoms with Crippen LogP contribution in [0.15, 0.2) is 30.4 Å². The zero-order valence-corrected chi connectivity index (χ0v) is 18.6. The first-order chi connectivity index (χ1) is 16.1. The van der Waals surface area contributed by atoms with Crippen LogP contribution in [-0.4, -0.2) is 52.8 Å². The van der Waals surface area contributed by atoms with Crippen LogP contribution in [0.3, 0.4) is 0 Å². The number of rotatable bonds is 9. The van der Waals surface area contributed by atoms with Gasteiger partial charge in [0.1, 0.15) is 12.7 Å². The van der Waals surface area contributed by atoms with Gasteiger partial charge in [-0.05, 0) is 49.7 Å². The van der Waals surface area contributed by atoms with E-state index in [9.17, 15) is 32.6 Å². The molecule has 1 aromatic rings. The normalized spacial score (nSPS) is 28.5. The number of carboxylic acid groups (broad SMARTS) is 1. The van der Waals surface area contributed by atoms with Gasteiger partial charge in [-0.3, -0.25) is 4.79 Å². The van der Waals surface area contributed by atoms with Crippen molar-refractivity contribution < 1.29 is 47.1 Å². The standard InChI is InChI=1S/C24H30F4O6/c25-23-18(24(26,27)28)4-2-5-20(23)34-13-15(29)8-10-16-17-9-7-14(3-1-6-22(31)32)12-33-21(17)11-19(16)30/h2,4-5,8,10,14-17,19,21,29-30H,1,3,6-7,9,11-13H2,(H,31,32)/t14-,15+,16+,17+,19+,21-/m0/s1. The van der Waals surface area contributed by atoms with E-state index < -0.39 is 48.1 Å². The highest BCUT2D eigenvalue weighted by Gasteiger charge is 2.43. The quantitative estimate of drug-likeness (QED) is 0.355. The number of hydrogen-bond donors (Lipinski definition) is 3. The molecule has 1 saturated heterocycles. The Hall–Kier alpha value is -2.17. The molecule has 0 spiro atoms. The predicted molar refractivity (Wildman–Crippen MR) is 114 cm³/mol. The first kappa shape index (κ1) is 26.4. The van der Waals surface area contributed by atoms with Crippen LogP contribution >= 0.6 is 0 Å². The minimum atomic E-state index is -4.85. The lowest BCUT2D eigenvalue weighted by molar-refractivity contribution is -0.140. The lowest BCUT2D eigenvalue weighted by atomic mass is 9.86. The maximum atomic E-state index is 14.1. The number of aliphatic hydroxyl groups excluding tert-OH is 2. The number of hydrogen-bond acceptors (Lipinski definition) is 5. The van der Waals surface area contributed by atoms with Gasteiger partial charge in [0.15, 0.2) is 11.6 Å². The van der Waals surface area contributed by atoms with Crippen molar-refractivity contribution in [3.05, 3.63) is 41.7 Å². The topological polar surface area (TPSA) is 96.2 Å². The molecule has 190 valence electrons. The highest BCUT2D eigenvalue weighted by atomic mass is 19.4. The maximum Gasteiger partial charge on any atom is 0.419 e. The summed E-state index contributed by atoms with van der Waals surface area (Å²) in [5, 5.41) is 29.5. The molecule has 0 radical (unpaired) electrons. The van der Waals surface area contributed by atoms with Crippen LogP contribution in [0.2, 0.25) is 0 Å². The molecule has 6 atom stereocenters. The van der Waals surface area contributed by atoms with E-state index in [2.05, 4.69) is 0 Å². The molecule has 1 saturated carbocycles. The van der Waals surface area contributed by atoms with E-state index in [1.807, 2.05) is 0 Å². The number of aliphatic carboxylic acids is 1. The number of fused-ring (bicyclic) bond motifs is 1. The molecule has 3 N–H and O–H groups in total. The third-order valence-electron chi connectivity index (χ3n) is 6.58. The summed E-state index contributed by atoms with van der Waals surface area (Å²) in [6.07, 6.45) is -0.248. The average Bonchev–Trinajstić information content (AvgIpc) is 2.92. The molecule has 0 amide bonds. The van der Waals surface area contributed by atoms with Gasteiger partial charge >= 0.3 is 12.1 Å². The van der Waals surface area contributed by atoms with Crippen molar-refractivity contribution in [1.29, 1.82) is 0 Å². The predicted octanol–water partition coefficient (Wildman–Crippen LogP) is 4.19. The van der Waals surface area contributed by atoms with Gasteiger partial charge < -0.3 is 24.8 Å². The van der Waals surface area contributed by atoms with Gasteiger partial charge in [-0.1, -0.05) is 18.2 Å². The van der Waals surface area contributed by atoms with Crippen molar-refractivity contribution in [3.63, 3.8) is 0 Å². The SMILES string of the molecule is O=C(O)CCC[C@H]1CC[C@@H]2[C@@H](C=C[C@@H](O)COc3cccc(C(F)(F)F)c3F)[C@H](O)C[C@@H]2OC1.